The Kier molecular flexibility index (Phi) is 7.60. The van der Waals surface area contributed by atoms with Crippen molar-refractivity contribution < 1.29 is 13.9 Å². The Morgan fingerprint density at radius 1 is 1.09 bits per heavy atom. The van der Waals surface area contributed by atoms with E-state index in [1.165, 1.54) is 5.69 Å². The van der Waals surface area contributed by atoms with E-state index < -0.39 is 0 Å². The number of carbonyl (C=O) groups excluding carboxylic acids is 1. The first-order valence-electron chi connectivity index (χ1n) is 11.3. The fraction of sp³-hybridized carbons (Fsp3) is 0.400. The molecule has 0 radical (unpaired) electrons. The SMILES string of the molecule is CCOc1ccc(C(=O)NCCCCN2CCN(c3csc4cc(F)ccc34)CC2)cc1. The highest BCUT2D eigenvalue weighted by Crippen LogP contribution is 2.34. The molecular formula is C25H30FN3O2S. The van der Waals surface area contributed by atoms with Gasteiger partial charge in [-0.3, -0.25) is 9.69 Å². The summed E-state index contributed by atoms with van der Waals surface area (Å²) in [5.41, 5.74) is 1.88. The molecule has 0 unspecified atom stereocenters. The number of thiophene rings is 1. The minimum atomic E-state index is -0.175. The van der Waals surface area contributed by atoms with Crippen LogP contribution in [0.4, 0.5) is 10.1 Å². The van der Waals surface area contributed by atoms with Crippen LogP contribution in [0.25, 0.3) is 10.1 Å². The zero-order valence-electron chi connectivity index (χ0n) is 18.5. The van der Waals surface area contributed by atoms with E-state index in [0.717, 1.165) is 61.4 Å². The number of carbonyl (C=O) groups is 1. The van der Waals surface area contributed by atoms with Crippen molar-refractivity contribution in [3.05, 3.63) is 59.2 Å². The average molecular weight is 456 g/mol. The van der Waals surface area contributed by atoms with Crippen LogP contribution in [0.1, 0.15) is 30.1 Å². The van der Waals surface area contributed by atoms with Crippen LogP contribution < -0.4 is 15.0 Å². The number of unbranched alkanes of at least 4 members (excludes halogenated alkanes) is 1. The Morgan fingerprint density at radius 3 is 2.62 bits per heavy atom. The van der Waals surface area contributed by atoms with Gasteiger partial charge in [0.25, 0.3) is 5.91 Å². The summed E-state index contributed by atoms with van der Waals surface area (Å²) in [5, 5.41) is 6.29. The molecule has 0 atom stereocenters. The number of benzene rings is 2. The van der Waals surface area contributed by atoms with E-state index in [-0.39, 0.29) is 11.7 Å². The largest absolute Gasteiger partial charge is 0.494 e. The van der Waals surface area contributed by atoms with Crippen LogP contribution in [0.5, 0.6) is 5.75 Å². The van der Waals surface area contributed by atoms with Gasteiger partial charge < -0.3 is 15.0 Å². The number of halogens is 1. The molecule has 170 valence electrons. The summed E-state index contributed by atoms with van der Waals surface area (Å²) in [6.07, 6.45) is 2.02. The van der Waals surface area contributed by atoms with Gasteiger partial charge in [0.05, 0.1) is 12.3 Å². The molecule has 0 saturated carbocycles. The second-order valence-electron chi connectivity index (χ2n) is 8.01. The maximum Gasteiger partial charge on any atom is 0.251 e. The number of amides is 1. The second-order valence-corrected chi connectivity index (χ2v) is 8.92. The number of fused-ring (bicyclic) bond motifs is 1. The summed E-state index contributed by atoms with van der Waals surface area (Å²) in [4.78, 5) is 17.1. The van der Waals surface area contributed by atoms with Gasteiger partial charge in [-0.15, -0.1) is 11.3 Å². The van der Waals surface area contributed by atoms with E-state index >= 15 is 0 Å². The molecule has 5 nitrogen and oxygen atoms in total. The molecular weight excluding hydrogens is 425 g/mol. The van der Waals surface area contributed by atoms with Crippen molar-refractivity contribution in [1.29, 1.82) is 0 Å². The molecule has 0 aliphatic carbocycles. The summed E-state index contributed by atoms with van der Waals surface area (Å²) in [6, 6.07) is 12.3. The standard InChI is InChI=1S/C25H30FN3O2S/c1-2-31-21-8-5-19(6-9-21)25(30)27-11-3-4-12-28-13-15-29(16-14-28)23-18-32-24-17-20(26)7-10-22(23)24/h5-10,17-18H,2-4,11-16H2,1H3,(H,27,30). The van der Waals surface area contributed by atoms with E-state index in [1.807, 2.05) is 25.1 Å². The van der Waals surface area contributed by atoms with E-state index in [0.29, 0.717) is 18.7 Å². The van der Waals surface area contributed by atoms with Crippen molar-refractivity contribution in [3.8, 4) is 5.75 Å². The molecule has 7 heteroatoms. The molecule has 2 aromatic carbocycles. The number of nitrogens with zero attached hydrogens (tertiary/aromatic N) is 2. The Labute approximate surface area is 192 Å². The molecule has 1 aliphatic rings. The Bertz CT molecular complexity index is 1030. The first-order valence-corrected chi connectivity index (χ1v) is 12.2. The van der Waals surface area contributed by atoms with Crippen molar-refractivity contribution in [2.45, 2.75) is 19.8 Å². The van der Waals surface area contributed by atoms with Gasteiger partial charge in [-0.2, -0.15) is 0 Å². The summed E-state index contributed by atoms with van der Waals surface area (Å²) >= 11 is 1.61. The third kappa shape index (κ3) is 5.58. The van der Waals surface area contributed by atoms with Gasteiger partial charge >= 0.3 is 0 Å². The lowest BCUT2D eigenvalue weighted by atomic mass is 10.2. The molecule has 1 fully saturated rings. The predicted octanol–water partition coefficient (Wildman–Crippen LogP) is 4.77. The molecule has 3 aromatic rings. The molecule has 32 heavy (non-hydrogen) atoms. The van der Waals surface area contributed by atoms with Gasteiger partial charge in [-0.1, -0.05) is 0 Å². The van der Waals surface area contributed by atoms with Gasteiger partial charge in [0.1, 0.15) is 11.6 Å². The highest BCUT2D eigenvalue weighted by molar-refractivity contribution is 7.17. The number of hydrogen-bond acceptors (Lipinski definition) is 5. The van der Waals surface area contributed by atoms with Gasteiger partial charge in [0, 0.05) is 53.8 Å². The molecule has 0 spiro atoms. The molecule has 1 aliphatic heterocycles. The van der Waals surface area contributed by atoms with E-state index in [9.17, 15) is 9.18 Å². The lowest BCUT2D eigenvalue weighted by molar-refractivity contribution is 0.0952. The number of rotatable bonds is 9. The van der Waals surface area contributed by atoms with Crippen LogP contribution in [0.3, 0.4) is 0 Å². The molecule has 1 aromatic heterocycles. The zero-order chi connectivity index (χ0) is 22.3. The average Bonchev–Trinajstić information content (AvgIpc) is 3.23. The van der Waals surface area contributed by atoms with Crippen LogP contribution in [0.2, 0.25) is 0 Å². The van der Waals surface area contributed by atoms with Crippen LogP contribution in [-0.2, 0) is 0 Å². The summed E-state index contributed by atoms with van der Waals surface area (Å²) in [5.74, 6) is 0.571. The van der Waals surface area contributed by atoms with Crippen LogP contribution >= 0.6 is 11.3 Å². The first-order chi connectivity index (χ1) is 15.6. The maximum absolute atomic E-state index is 13.4. The minimum Gasteiger partial charge on any atom is -0.494 e. The Balaban J connectivity index is 1.14. The molecule has 1 saturated heterocycles. The van der Waals surface area contributed by atoms with Crippen LogP contribution in [-0.4, -0.2) is 56.7 Å². The topological polar surface area (TPSA) is 44.8 Å². The second kappa shape index (κ2) is 10.8. The fourth-order valence-electron chi connectivity index (χ4n) is 4.08. The zero-order valence-corrected chi connectivity index (χ0v) is 19.3. The van der Waals surface area contributed by atoms with Crippen LogP contribution in [0, 0.1) is 5.82 Å². The van der Waals surface area contributed by atoms with Gasteiger partial charge in [0.2, 0.25) is 0 Å². The van der Waals surface area contributed by atoms with Gasteiger partial charge in [-0.25, -0.2) is 4.39 Å². The van der Waals surface area contributed by atoms with Crippen molar-refractivity contribution in [3.63, 3.8) is 0 Å². The molecule has 2 heterocycles. The van der Waals surface area contributed by atoms with Gasteiger partial charge in [-0.05, 0) is 68.8 Å². The number of piperazine rings is 1. The Hall–Kier alpha value is -2.64. The van der Waals surface area contributed by atoms with Crippen molar-refractivity contribution in [2.24, 2.45) is 0 Å². The normalized spacial score (nSPS) is 14.6. The lowest BCUT2D eigenvalue weighted by Crippen LogP contribution is -2.46. The fourth-order valence-corrected chi connectivity index (χ4v) is 5.07. The monoisotopic (exact) mass is 455 g/mol. The molecule has 4 rings (SSSR count). The van der Waals surface area contributed by atoms with Gasteiger partial charge in [0.15, 0.2) is 0 Å². The number of ether oxygens (including phenoxy) is 1. The van der Waals surface area contributed by atoms with E-state index in [4.69, 9.17) is 4.74 Å². The summed E-state index contributed by atoms with van der Waals surface area (Å²) in [7, 11) is 0. The molecule has 1 N–H and O–H groups in total. The van der Waals surface area contributed by atoms with E-state index in [1.54, 1.807) is 35.6 Å². The highest BCUT2D eigenvalue weighted by atomic mass is 32.1. The van der Waals surface area contributed by atoms with Crippen LogP contribution in [0.15, 0.2) is 47.8 Å². The summed E-state index contributed by atoms with van der Waals surface area (Å²) < 4.78 is 19.9. The summed E-state index contributed by atoms with van der Waals surface area (Å²) in [6.45, 7) is 8.30. The van der Waals surface area contributed by atoms with E-state index in [2.05, 4.69) is 20.5 Å². The first kappa shape index (κ1) is 22.6. The molecule has 1 amide bonds. The third-order valence-electron chi connectivity index (χ3n) is 5.84. The maximum atomic E-state index is 13.4. The quantitative estimate of drug-likeness (QED) is 0.472. The number of nitrogens with one attached hydrogen (secondary N) is 1. The predicted molar refractivity (Wildman–Crippen MR) is 130 cm³/mol. The smallest absolute Gasteiger partial charge is 0.251 e. The lowest BCUT2D eigenvalue weighted by Gasteiger charge is -2.35. The van der Waals surface area contributed by atoms with Crippen molar-refractivity contribution in [1.82, 2.24) is 10.2 Å². The van der Waals surface area contributed by atoms with Crippen molar-refractivity contribution >= 4 is 33.0 Å². The minimum absolute atomic E-state index is 0.0375. The number of hydrogen-bond donors (Lipinski definition) is 1. The third-order valence-corrected chi connectivity index (χ3v) is 6.78. The highest BCUT2D eigenvalue weighted by Gasteiger charge is 2.19. The number of anilines is 1. The van der Waals surface area contributed by atoms with Crippen molar-refractivity contribution in [2.75, 3.05) is 50.8 Å². The molecule has 0 bridgehead atoms. The Morgan fingerprint density at radius 2 is 1.88 bits per heavy atom.